The summed E-state index contributed by atoms with van der Waals surface area (Å²) in [5.74, 6) is 0.0267. The number of amides is 1. The van der Waals surface area contributed by atoms with Gasteiger partial charge in [-0.05, 0) is 53.3 Å². The lowest BCUT2D eigenvalue weighted by Crippen LogP contribution is -2.40. The first-order valence-electron chi connectivity index (χ1n) is 8.35. The summed E-state index contributed by atoms with van der Waals surface area (Å²) < 4.78 is 0.953. The fraction of sp³-hybridized carbons (Fsp3) is 0.143. The highest BCUT2D eigenvalue weighted by Crippen LogP contribution is 2.38. The van der Waals surface area contributed by atoms with E-state index in [-0.39, 0.29) is 11.9 Å². The Kier molecular flexibility index (Phi) is 4.74. The predicted octanol–water partition coefficient (Wildman–Crippen LogP) is 5.11. The molecular weight excluding hydrogens is 410 g/mol. The Hall–Kier alpha value is -2.24. The van der Waals surface area contributed by atoms with E-state index in [0.717, 1.165) is 22.7 Å². The molecule has 0 fully saturated rings. The summed E-state index contributed by atoms with van der Waals surface area (Å²) in [4.78, 5) is 27.4. The van der Waals surface area contributed by atoms with Crippen LogP contribution in [-0.4, -0.2) is 23.6 Å². The van der Waals surface area contributed by atoms with Crippen molar-refractivity contribution in [2.45, 2.75) is 12.5 Å². The van der Waals surface area contributed by atoms with Crippen LogP contribution in [0.2, 0.25) is 0 Å². The summed E-state index contributed by atoms with van der Waals surface area (Å²) in [5.41, 5.74) is 3.54. The van der Waals surface area contributed by atoms with Gasteiger partial charge in [0.25, 0.3) is 5.91 Å². The molecule has 3 aromatic rings. The van der Waals surface area contributed by atoms with Gasteiger partial charge in [-0.1, -0.05) is 40.2 Å². The second-order valence-corrected chi connectivity index (χ2v) is 8.16. The number of nitrogens with zero attached hydrogens (tertiary/aromatic N) is 1. The van der Waals surface area contributed by atoms with Crippen molar-refractivity contribution in [1.82, 2.24) is 4.90 Å². The van der Waals surface area contributed by atoms with E-state index in [1.165, 1.54) is 10.4 Å². The number of hydrogen-bond donors (Lipinski definition) is 0. The van der Waals surface area contributed by atoms with Crippen LogP contribution in [0.1, 0.15) is 42.8 Å². The van der Waals surface area contributed by atoms with Gasteiger partial charge < -0.3 is 4.90 Å². The van der Waals surface area contributed by atoms with E-state index in [1.807, 2.05) is 53.4 Å². The lowest BCUT2D eigenvalue weighted by molar-refractivity contribution is 0.0696. The van der Waals surface area contributed by atoms with Crippen molar-refractivity contribution >= 4 is 39.5 Å². The first-order valence-corrected chi connectivity index (χ1v) is 10.0. The van der Waals surface area contributed by atoms with Crippen LogP contribution in [0.15, 0.2) is 64.5 Å². The predicted molar refractivity (Wildman–Crippen MR) is 107 cm³/mol. The molecule has 1 aliphatic rings. The van der Waals surface area contributed by atoms with Crippen molar-refractivity contribution in [3.05, 3.63) is 91.6 Å². The summed E-state index contributed by atoms with van der Waals surface area (Å²) >= 11 is 5.16. The van der Waals surface area contributed by atoms with E-state index in [9.17, 15) is 9.59 Å². The number of fused-ring (bicyclic) bond motifs is 1. The average Bonchev–Trinajstić information content (AvgIpc) is 3.16. The number of hydrogen-bond acceptors (Lipinski definition) is 3. The highest BCUT2D eigenvalue weighted by atomic mass is 79.9. The van der Waals surface area contributed by atoms with Crippen LogP contribution < -0.4 is 0 Å². The maximum absolute atomic E-state index is 13.2. The van der Waals surface area contributed by atoms with Gasteiger partial charge in [-0.2, -0.15) is 0 Å². The highest BCUT2D eigenvalue weighted by molar-refractivity contribution is 9.10. The topological polar surface area (TPSA) is 37.4 Å². The van der Waals surface area contributed by atoms with E-state index >= 15 is 0 Å². The molecule has 3 nitrogen and oxygen atoms in total. The van der Waals surface area contributed by atoms with Gasteiger partial charge in [0, 0.05) is 27.0 Å². The summed E-state index contributed by atoms with van der Waals surface area (Å²) in [5, 5.41) is 2.09. The molecule has 0 spiro atoms. The SMILES string of the molecule is O=Cc1ccc(C2c3ccsc3CCN2C(=O)c2ccc(Br)cc2)cc1. The van der Waals surface area contributed by atoms with Crippen LogP contribution in [0, 0.1) is 0 Å². The van der Waals surface area contributed by atoms with E-state index < -0.39 is 0 Å². The van der Waals surface area contributed by atoms with E-state index in [2.05, 4.69) is 27.4 Å². The van der Waals surface area contributed by atoms with Crippen molar-refractivity contribution in [3.8, 4) is 0 Å². The Morgan fingerprint density at radius 2 is 1.81 bits per heavy atom. The van der Waals surface area contributed by atoms with Crippen LogP contribution in [0.25, 0.3) is 0 Å². The molecule has 1 atom stereocenters. The molecule has 0 saturated heterocycles. The first-order chi connectivity index (χ1) is 12.7. The zero-order chi connectivity index (χ0) is 18.1. The van der Waals surface area contributed by atoms with Crippen LogP contribution in [0.5, 0.6) is 0 Å². The Bertz CT molecular complexity index is 947. The van der Waals surface area contributed by atoms with Crippen molar-refractivity contribution < 1.29 is 9.59 Å². The van der Waals surface area contributed by atoms with E-state index in [4.69, 9.17) is 0 Å². The van der Waals surface area contributed by atoms with Crippen LogP contribution in [0.3, 0.4) is 0 Å². The summed E-state index contributed by atoms with van der Waals surface area (Å²) in [6, 6.07) is 17.0. The summed E-state index contributed by atoms with van der Waals surface area (Å²) in [6.45, 7) is 0.683. The van der Waals surface area contributed by atoms with Gasteiger partial charge in [0.05, 0.1) is 6.04 Å². The fourth-order valence-electron chi connectivity index (χ4n) is 3.41. The zero-order valence-corrected chi connectivity index (χ0v) is 16.3. The van der Waals surface area contributed by atoms with Gasteiger partial charge in [-0.3, -0.25) is 9.59 Å². The largest absolute Gasteiger partial charge is 0.327 e. The normalized spacial score (nSPS) is 16.2. The van der Waals surface area contributed by atoms with Crippen LogP contribution in [0.4, 0.5) is 0 Å². The second kappa shape index (κ2) is 7.17. The van der Waals surface area contributed by atoms with Gasteiger partial charge in [0.1, 0.15) is 6.29 Å². The molecule has 0 aliphatic carbocycles. The van der Waals surface area contributed by atoms with Gasteiger partial charge in [-0.25, -0.2) is 0 Å². The molecule has 1 amide bonds. The molecule has 2 heterocycles. The van der Waals surface area contributed by atoms with E-state index in [0.29, 0.717) is 17.7 Å². The van der Waals surface area contributed by atoms with Gasteiger partial charge in [-0.15, -0.1) is 11.3 Å². The molecule has 0 radical (unpaired) electrons. The molecule has 1 unspecified atom stereocenters. The van der Waals surface area contributed by atoms with Crippen molar-refractivity contribution in [2.24, 2.45) is 0 Å². The number of carbonyl (C=O) groups excluding carboxylic acids is 2. The standard InChI is InChI=1S/C21H16BrNO2S/c22-17-7-5-16(6-8-17)21(25)23-11-9-19-18(10-12-26-19)20(23)15-3-1-14(13-24)2-4-15/h1-8,10,12-13,20H,9,11H2. The van der Waals surface area contributed by atoms with Crippen LogP contribution >= 0.6 is 27.3 Å². The zero-order valence-electron chi connectivity index (χ0n) is 13.9. The average molecular weight is 426 g/mol. The first kappa shape index (κ1) is 17.2. The number of aldehydes is 1. The lowest BCUT2D eigenvalue weighted by Gasteiger charge is -2.36. The summed E-state index contributed by atoms with van der Waals surface area (Å²) in [6.07, 6.45) is 1.71. The molecule has 5 heteroatoms. The molecular formula is C21H16BrNO2S. The Labute approximate surface area is 164 Å². The molecule has 1 aromatic heterocycles. The molecule has 4 rings (SSSR count). The third kappa shape index (κ3) is 3.13. The molecule has 2 aromatic carbocycles. The molecule has 0 saturated carbocycles. The number of halogens is 1. The van der Waals surface area contributed by atoms with Crippen molar-refractivity contribution in [3.63, 3.8) is 0 Å². The lowest BCUT2D eigenvalue weighted by atomic mass is 9.92. The molecule has 1 aliphatic heterocycles. The Balaban J connectivity index is 1.75. The third-order valence-corrected chi connectivity index (χ3v) is 6.23. The van der Waals surface area contributed by atoms with Crippen molar-refractivity contribution in [2.75, 3.05) is 6.54 Å². The fourth-order valence-corrected chi connectivity index (χ4v) is 4.58. The minimum atomic E-state index is -0.123. The Morgan fingerprint density at radius 3 is 2.50 bits per heavy atom. The monoisotopic (exact) mass is 425 g/mol. The minimum absolute atomic E-state index is 0.0267. The molecule has 0 N–H and O–H groups in total. The number of thiophene rings is 1. The van der Waals surface area contributed by atoms with Crippen molar-refractivity contribution in [1.29, 1.82) is 0 Å². The minimum Gasteiger partial charge on any atom is -0.327 e. The molecule has 0 bridgehead atoms. The third-order valence-electron chi connectivity index (χ3n) is 4.71. The van der Waals surface area contributed by atoms with Gasteiger partial charge in [0.15, 0.2) is 0 Å². The number of carbonyl (C=O) groups is 2. The van der Waals surface area contributed by atoms with Gasteiger partial charge >= 0.3 is 0 Å². The van der Waals surface area contributed by atoms with E-state index in [1.54, 1.807) is 11.3 Å². The number of benzene rings is 2. The number of rotatable bonds is 3. The quantitative estimate of drug-likeness (QED) is 0.546. The smallest absolute Gasteiger partial charge is 0.254 e. The summed E-state index contributed by atoms with van der Waals surface area (Å²) in [7, 11) is 0. The van der Waals surface area contributed by atoms with Crippen LogP contribution in [-0.2, 0) is 6.42 Å². The van der Waals surface area contributed by atoms with Gasteiger partial charge in [0.2, 0.25) is 0 Å². The Morgan fingerprint density at radius 1 is 1.08 bits per heavy atom. The molecule has 26 heavy (non-hydrogen) atoms. The molecule has 130 valence electrons. The maximum atomic E-state index is 13.2. The second-order valence-electron chi connectivity index (χ2n) is 6.24. The maximum Gasteiger partial charge on any atom is 0.254 e. The highest BCUT2D eigenvalue weighted by Gasteiger charge is 2.33.